The third kappa shape index (κ3) is 4.02. The van der Waals surface area contributed by atoms with Crippen molar-refractivity contribution < 1.29 is 23.1 Å². The molecule has 0 saturated carbocycles. The predicted octanol–water partition coefficient (Wildman–Crippen LogP) is 3.88. The molecule has 0 amide bonds. The second kappa shape index (κ2) is 5.69. The van der Waals surface area contributed by atoms with Gasteiger partial charge in [-0.15, -0.1) is 0 Å². The summed E-state index contributed by atoms with van der Waals surface area (Å²) < 4.78 is 37.7. The van der Waals surface area contributed by atoms with Crippen molar-refractivity contribution in [3.63, 3.8) is 0 Å². The fourth-order valence-electron chi connectivity index (χ4n) is 1.49. The minimum atomic E-state index is -4.50. The van der Waals surface area contributed by atoms with Crippen LogP contribution < -0.4 is 5.32 Å². The lowest BCUT2D eigenvalue weighted by Crippen LogP contribution is -2.34. The number of hydrogen-bond donors (Lipinski definition) is 2. The molecule has 1 atom stereocenters. The Morgan fingerprint density at radius 3 is 2.37 bits per heavy atom. The van der Waals surface area contributed by atoms with Gasteiger partial charge in [-0.05, 0) is 24.1 Å². The van der Waals surface area contributed by atoms with Gasteiger partial charge in [0.05, 0.1) is 16.3 Å². The van der Waals surface area contributed by atoms with E-state index in [0.717, 1.165) is 18.2 Å². The van der Waals surface area contributed by atoms with Crippen LogP contribution in [0.25, 0.3) is 0 Å². The lowest BCUT2D eigenvalue weighted by atomic mass is 10.0. The van der Waals surface area contributed by atoms with Gasteiger partial charge in [-0.1, -0.05) is 25.4 Å². The average molecular weight is 296 g/mol. The number of hydrogen-bond acceptors (Lipinski definition) is 2. The zero-order chi connectivity index (χ0) is 14.8. The highest BCUT2D eigenvalue weighted by Gasteiger charge is 2.31. The third-order valence-electron chi connectivity index (χ3n) is 2.54. The lowest BCUT2D eigenvalue weighted by molar-refractivity contribution is -0.139. The van der Waals surface area contributed by atoms with Crippen molar-refractivity contribution in [2.45, 2.75) is 26.1 Å². The minimum absolute atomic E-state index is 0.0416. The highest BCUT2D eigenvalue weighted by atomic mass is 35.5. The molecule has 106 valence electrons. The van der Waals surface area contributed by atoms with Crippen molar-refractivity contribution in [2.75, 3.05) is 5.32 Å². The molecule has 0 aliphatic heterocycles. The van der Waals surface area contributed by atoms with Gasteiger partial charge in [0.15, 0.2) is 0 Å². The quantitative estimate of drug-likeness (QED) is 0.886. The number of nitrogens with one attached hydrogen (secondary N) is 1. The van der Waals surface area contributed by atoms with Gasteiger partial charge in [0.2, 0.25) is 0 Å². The smallest absolute Gasteiger partial charge is 0.416 e. The molecule has 7 heteroatoms. The zero-order valence-electron chi connectivity index (χ0n) is 10.3. The Hall–Kier alpha value is -1.43. The SMILES string of the molecule is CC(C)C(Nc1cc(C(F)(F)F)ccc1Cl)C(=O)O. The van der Waals surface area contributed by atoms with E-state index in [1.165, 1.54) is 0 Å². The molecule has 3 nitrogen and oxygen atoms in total. The molecule has 0 aliphatic rings. The molecule has 0 heterocycles. The number of aliphatic carboxylic acids is 1. The maximum Gasteiger partial charge on any atom is 0.416 e. The van der Waals surface area contributed by atoms with Gasteiger partial charge in [-0.25, -0.2) is 4.79 Å². The molecule has 0 aliphatic carbocycles. The first-order valence-electron chi connectivity index (χ1n) is 5.49. The van der Waals surface area contributed by atoms with Gasteiger partial charge >= 0.3 is 12.1 Å². The monoisotopic (exact) mass is 295 g/mol. The van der Waals surface area contributed by atoms with Crippen LogP contribution in [-0.2, 0) is 11.0 Å². The summed E-state index contributed by atoms with van der Waals surface area (Å²) in [5.41, 5.74) is -0.926. The number of anilines is 1. The Labute approximate surface area is 113 Å². The Bertz CT molecular complexity index is 475. The largest absolute Gasteiger partial charge is 0.480 e. The van der Waals surface area contributed by atoms with Crippen LogP contribution in [0.2, 0.25) is 5.02 Å². The molecule has 0 bridgehead atoms. The van der Waals surface area contributed by atoms with E-state index >= 15 is 0 Å². The average Bonchev–Trinajstić information content (AvgIpc) is 2.25. The van der Waals surface area contributed by atoms with E-state index in [0.29, 0.717) is 0 Å². The van der Waals surface area contributed by atoms with Crippen LogP contribution in [0.4, 0.5) is 18.9 Å². The molecule has 0 radical (unpaired) electrons. The van der Waals surface area contributed by atoms with Gasteiger partial charge in [-0.2, -0.15) is 13.2 Å². The lowest BCUT2D eigenvalue weighted by Gasteiger charge is -2.20. The highest BCUT2D eigenvalue weighted by molar-refractivity contribution is 6.33. The molecule has 0 aromatic heterocycles. The molecule has 0 fully saturated rings. The molecule has 0 spiro atoms. The van der Waals surface area contributed by atoms with Crippen molar-refractivity contribution in [2.24, 2.45) is 5.92 Å². The Morgan fingerprint density at radius 2 is 1.95 bits per heavy atom. The number of rotatable bonds is 4. The number of carbonyl (C=O) groups is 1. The van der Waals surface area contributed by atoms with Crippen molar-refractivity contribution in [3.05, 3.63) is 28.8 Å². The van der Waals surface area contributed by atoms with E-state index in [1.807, 2.05) is 0 Å². The Balaban J connectivity index is 3.09. The van der Waals surface area contributed by atoms with Crippen LogP contribution in [0.1, 0.15) is 19.4 Å². The van der Waals surface area contributed by atoms with Crippen LogP contribution in [0.5, 0.6) is 0 Å². The normalized spacial score (nSPS) is 13.4. The number of benzene rings is 1. The molecule has 2 N–H and O–H groups in total. The molecule has 1 unspecified atom stereocenters. The summed E-state index contributed by atoms with van der Waals surface area (Å²) in [7, 11) is 0. The van der Waals surface area contributed by atoms with Gasteiger partial charge < -0.3 is 10.4 Å². The molecular formula is C12H13ClF3NO2. The Kier molecular flexibility index (Phi) is 4.68. The maximum atomic E-state index is 12.6. The van der Waals surface area contributed by atoms with Crippen LogP contribution in [0.15, 0.2) is 18.2 Å². The standard InChI is InChI=1S/C12H13ClF3NO2/c1-6(2)10(11(18)19)17-9-5-7(12(14,15)16)3-4-8(9)13/h3-6,10,17H,1-2H3,(H,18,19). The summed E-state index contributed by atoms with van der Waals surface area (Å²) in [6.45, 7) is 3.29. The predicted molar refractivity (Wildman–Crippen MR) is 66.3 cm³/mol. The molecule has 0 saturated heterocycles. The first kappa shape index (κ1) is 15.6. The van der Waals surface area contributed by atoms with Crippen LogP contribution in [0.3, 0.4) is 0 Å². The zero-order valence-corrected chi connectivity index (χ0v) is 11.0. The van der Waals surface area contributed by atoms with E-state index in [4.69, 9.17) is 16.7 Å². The van der Waals surface area contributed by atoms with Crippen molar-refractivity contribution >= 4 is 23.3 Å². The molecule has 1 rings (SSSR count). The number of halogens is 4. The minimum Gasteiger partial charge on any atom is -0.480 e. The van der Waals surface area contributed by atoms with E-state index in [2.05, 4.69) is 5.32 Å². The number of alkyl halides is 3. The summed E-state index contributed by atoms with van der Waals surface area (Å²) >= 11 is 5.78. The van der Waals surface area contributed by atoms with Crippen molar-refractivity contribution in [1.29, 1.82) is 0 Å². The van der Waals surface area contributed by atoms with E-state index in [1.54, 1.807) is 13.8 Å². The topological polar surface area (TPSA) is 49.3 Å². The van der Waals surface area contributed by atoms with Gasteiger partial charge in [-0.3, -0.25) is 0 Å². The second-order valence-electron chi connectivity index (χ2n) is 4.40. The van der Waals surface area contributed by atoms with Gasteiger partial charge in [0.25, 0.3) is 0 Å². The van der Waals surface area contributed by atoms with Crippen LogP contribution in [-0.4, -0.2) is 17.1 Å². The summed E-state index contributed by atoms with van der Waals surface area (Å²) in [4.78, 5) is 11.0. The van der Waals surface area contributed by atoms with E-state index in [-0.39, 0.29) is 16.6 Å². The summed E-state index contributed by atoms with van der Waals surface area (Å²) in [5.74, 6) is -1.45. The van der Waals surface area contributed by atoms with E-state index < -0.39 is 23.8 Å². The molecular weight excluding hydrogens is 283 g/mol. The summed E-state index contributed by atoms with van der Waals surface area (Å²) in [6, 6.07) is 1.73. The van der Waals surface area contributed by atoms with Gasteiger partial charge in [0.1, 0.15) is 6.04 Å². The number of carboxylic acids is 1. The van der Waals surface area contributed by atoms with Crippen LogP contribution >= 0.6 is 11.6 Å². The molecule has 1 aromatic rings. The van der Waals surface area contributed by atoms with E-state index in [9.17, 15) is 18.0 Å². The third-order valence-corrected chi connectivity index (χ3v) is 2.87. The van der Waals surface area contributed by atoms with Gasteiger partial charge in [0, 0.05) is 0 Å². The van der Waals surface area contributed by atoms with Crippen molar-refractivity contribution in [1.82, 2.24) is 0 Å². The maximum absolute atomic E-state index is 12.6. The van der Waals surface area contributed by atoms with Crippen LogP contribution in [0, 0.1) is 5.92 Å². The fourth-order valence-corrected chi connectivity index (χ4v) is 1.67. The van der Waals surface area contributed by atoms with Crippen molar-refractivity contribution in [3.8, 4) is 0 Å². The number of carboxylic acid groups (broad SMARTS) is 1. The highest BCUT2D eigenvalue weighted by Crippen LogP contribution is 2.34. The fraction of sp³-hybridized carbons (Fsp3) is 0.417. The Morgan fingerprint density at radius 1 is 1.37 bits per heavy atom. The summed E-state index contributed by atoms with van der Waals surface area (Å²) in [6.07, 6.45) is -4.50. The molecule has 1 aromatic carbocycles. The first-order chi connectivity index (χ1) is 8.62. The summed E-state index contributed by atoms with van der Waals surface area (Å²) in [5, 5.41) is 11.6. The first-order valence-corrected chi connectivity index (χ1v) is 5.87. The molecule has 19 heavy (non-hydrogen) atoms. The second-order valence-corrected chi connectivity index (χ2v) is 4.80.